The Hall–Kier alpha value is -3.80. The van der Waals surface area contributed by atoms with Gasteiger partial charge >= 0.3 is 5.97 Å². The topological polar surface area (TPSA) is 73.9 Å². The van der Waals surface area contributed by atoms with Crippen LogP contribution >= 0.6 is 0 Å². The van der Waals surface area contributed by atoms with Crippen LogP contribution in [0.5, 0.6) is 11.5 Å². The van der Waals surface area contributed by atoms with Crippen molar-refractivity contribution in [3.05, 3.63) is 95.6 Å². The van der Waals surface area contributed by atoms with Gasteiger partial charge in [0.15, 0.2) is 0 Å². The highest BCUT2D eigenvalue weighted by Gasteiger charge is 2.15. The van der Waals surface area contributed by atoms with E-state index >= 15 is 0 Å². The molecule has 3 rings (SSSR count). The molecule has 0 radical (unpaired) electrons. The van der Waals surface area contributed by atoms with Crippen LogP contribution in [0.3, 0.4) is 0 Å². The van der Waals surface area contributed by atoms with E-state index in [0.717, 1.165) is 11.1 Å². The molecular weight excluding hydrogens is 394 g/mol. The minimum Gasteiger partial charge on any atom is -0.489 e. The van der Waals surface area contributed by atoms with Crippen LogP contribution in [0.2, 0.25) is 0 Å². The number of carbonyl (C=O) groups excluding carboxylic acids is 2. The predicted molar refractivity (Wildman–Crippen MR) is 117 cm³/mol. The summed E-state index contributed by atoms with van der Waals surface area (Å²) in [5.41, 5.74) is 2.39. The van der Waals surface area contributed by atoms with Crippen LogP contribution in [-0.2, 0) is 22.7 Å². The number of ether oxygens (including phenoxy) is 3. The summed E-state index contributed by atoms with van der Waals surface area (Å²) in [5, 5.41) is 2.72. The second kappa shape index (κ2) is 11.4. The molecule has 6 heteroatoms. The number of hydrogen-bond acceptors (Lipinski definition) is 5. The van der Waals surface area contributed by atoms with Crippen LogP contribution in [0.1, 0.15) is 27.9 Å². The van der Waals surface area contributed by atoms with Crippen LogP contribution in [0.25, 0.3) is 0 Å². The number of methoxy groups -OCH3 is 1. The predicted octanol–water partition coefficient (Wildman–Crippen LogP) is 4.14. The van der Waals surface area contributed by atoms with Gasteiger partial charge < -0.3 is 19.5 Å². The minimum absolute atomic E-state index is 0.0979. The Kier molecular flexibility index (Phi) is 8.05. The van der Waals surface area contributed by atoms with Crippen molar-refractivity contribution >= 4 is 11.9 Å². The van der Waals surface area contributed by atoms with Gasteiger partial charge in [0.2, 0.25) is 0 Å². The molecular formula is C25H25NO5. The highest BCUT2D eigenvalue weighted by Crippen LogP contribution is 2.26. The number of esters is 1. The largest absolute Gasteiger partial charge is 0.489 e. The van der Waals surface area contributed by atoms with Gasteiger partial charge in [-0.05, 0) is 23.3 Å². The molecule has 160 valence electrons. The van der Waals surface area contributed by atoms with Crippen LogP contribution in [0.4, 0.5) is 0 Å². The number of rotatable bonds is 10. The molecule has 0 aliphatic carbocycles. The average Bonchev–Trinajstić information content (AvgIpc) is 2.82. The van der Waals surface area contributed by atoms with Crippen LogP contribution in [0.15, 0.2) is 78.9 Å². The fourth-order valence-electron chi connectivity index (χ4n) is 2.85. The lowest BCUT2D eigenvalue weighted by atomic mass is 10.1. The third-order valence-electron chi connectivity index (χ3n) is 4.53. The molecule has 1 N–H and O–H groups in total. The maximum absolute atomic E-state index is 12.7. The SMILES string of the molecule is COC(=O)CCNC(=O)c1ccc(OCc2ccccc2)cc1OCc1ccccc1. The molecule has 0 aromatic heterocycles. The van der Waals surface area contributed by atoms with E-state index in [0.29, 0.717) is 30.3 Å². The highest BCUT2D eigenvalue weighted by molar-refractivity contribution is 5.97. The first-order valence-electron chi connectivity index (χ1n) is 9.98. The van der Waals surface area contributed by atoms with Gasteiger partial charge in [-0.15, -0.1) is 0 Å². The normalized spacial score (nSPS) is 10.2. The standard InChI is InChI=1S/C25H25NO5/c1-29-24(27)14-15-26-25(28)22-13-12-21(30-17-19-8-4-2-5-9-19)16-23(22)31-18-20-10-6-3-7-11-20/h2-13,16H,14-15,17-18H2,1H3,(H,26,28). The Morgan fingerprint density at radius 2 is 1.42 bits per heavy atom. The molecule has 0 bridgehead atoms. The maximum atomic E-state index is 12.7. The molecule has 3 aromatic rings. The van der Waals surface area contributed by atoms with Crippen molar-refractivity contribution < 1.29 is 23.8 Å². The Morgan fingerprint density at radius 3 is 2.03 bits per heavy atom. The quantitative estimate of drug-likeness (QED) is 0.500. The average molecular weight is 419 g/mol. The maximum Gasteiger partial charge on any atom is 0.307 e. The van der Waals surface area contributed by atoms with E-state index in [1.165, 1.54) is 7.11 Å². The van der Waals surface area contributed by atoms with Crippen molar-refractivity contribution in [2.75, 3.05) is 13.7 Å². The van der Waals surface area contributed by atoms with Crippen molar-refractivity contribution in [2.24, 2.45) is 0 Å². The molecule has 0 aliphatic heterocycles. The second-order valence-electron chi connectivity index (χ2n) is 6.79. The molecule has 0 spiro atoms. The van der Waals surface area contributed by atoms with Crippen molar-refractivity contribution in [3.63, 3.8) is 0 Å². The van der Waals surface area contributed by atoms with E-state index in [9.17, 15) is 9.59 Å². The lowest BCUT2D eigenvalue weighted by molar-refractivity contribution is -0.140. The smallest absolute Gasteiger partial charge is 0.307 e. The number of carbonyl (C=O) groups is 2. The summed E-state index contributed by atoms with van der Waals surface area (Å²) >= 11 is 0. The number of benzene rings is 3. The first-order valence-corrected chi connectivity index (χ1v) is 9.98. The molecule has 0 aliphatic rings. The second-order valence-corrected chi connectivity index (χ2v) is 6.79. The van der Waals surface area contributed by atoms with E-state index in [-0.39, 0.29) is 24.8 Å². The third kappa shape index (κ3) is 6.89. The lowest BCUT2D eigenvalue weighted by Crippen LogP contribution is -2.26. The van der Waals surface area contributed by atoms with Crippen molar-refractivity contribution in [1.82, 2.24) is 5.32 Å². The summed E-state index contributed by atoms with van der Waals surface area (Å²) in [6, 6.07) is 24.6. The van der Waals surface area contributed by atoms with E-state index in [2.05, 4.69) is 10.1 Å². The fourth-order valence-corrected chi connectivity index (χ4v) is 2.85. The minimum atomic E-state index is -0.384. The monoisotopic (exact) mass is 419 g/mol. The van der Waals surface area contributed by atoms with Gasteiger partial charge in [0, 0.05) is 12.6 Å². The third-order valence-corrected chi connectivity index (χ3v) is 4.53. The summed E-state index contributed by atoms with van der Waals surface area (Å²) in [4.78, 5) is 23.9. The summed E-state index contributed by atoms with van der Waals surface area (Å²) < 4.78 is 16.4. The van der Waals surface area contributed by atoms with Crippen molar-refractivity contribution in [3.8, 4) is 11.5 Å². The highest BCUT2D eigenvalue weighted by atomic mass is 16.5. The summed E-state index contributed by atoms with van der Waals surface area (Å²) in [7, 11) is 1.31. The molecule has 31 heavy (non-hydrogen) atoms. The summed E-state index contributed by atoms with van der Waals surface area (Å²) in [5.74, 6) is 0.287. The van der Waals surface area contributed by atoms with E-state index < -0.39 is 0 Å². The fraction of sp³-hybridized carbons (Fsp3) is 0.200. The first-order chi connectivity index (χ1) is 15.2. The van der Waals surface area contributed by atoms with Crippen LogP contribution in [-0.4, -0.2) is 25.5 Å². The van der Waals surface area contributed by atoms with Gasteiger partial charge in [-0.25, -0.2) is 0 Å². The molecule has 0 heterocycles. The molecule has 6 nitrogen and oxygen atoms in total. The molecule has 0 fully saturated rings. The van der Waals surface area contributed by atoms with Gasteiger partial charge in [0.1, 0.15) is 24.7 Å². The molecule has 0 unspecified atom stereocenters. The van der Waals surface area contributed by atoms with Gasteiger partial charge in [-0.3, -0.25) is 9.59 Å². The molecule has 0 saturated heterocycles. The molecule has 0 saturated carbocycles. The van der Waals surface area contributed by atoms with Crippen molar-refractivity contribution in [2.45, 2.75) is 19.6 Å². The van der Waals surface area contributed by atoms with Gasteiger partial charge in [-0.1, -0.05) is 60.7 Å². The zero-order chi connectivity index (χ0) is 21.9. The zero-order valence-electron chi connectivity index (χ0n) is 17.4. The first kappa shape index (κ1) is 21.9. The number of hydrogen-bond donors (Lipinski definition) is 1. The van der Waals surface area contributed by atoms with Crippen LogP contribution < -0.4 is 14.8 Å². The van der Waals surface area contributed by atoms with Crippen LogP contribution in [0, 0.1) is 0 Å². The molecule has 1 amide bonds. The summed E-state index contributed by atoms with van der Waals surface area (Å²) in [6.07, 6.45) is 0.0979. The van der Waals surface area contributed by atoms with E-state index in [1.807, 2.05) is 60.7 Å². The van der Waals surface area contributed by atoms with Gasteiger partial charge in [-0.2, -0.15) is 0 Å². The Balaban J connectivity index is 1.72. The van der Waals surface area contributed by atoms with E-state index in [4.69, 9.17) is 9.47 Å². The zero-order valence-corrected chi connectivity index (χ0v) is 17.4. The van der Waals surface area contributed by atoms with Crippen molar-refractivity contribution in [1.29, 1.82) is 0 Å². The summed E-state index contributed by atoms with van der Waals surface area (Å²) in [6.45, 7) is 0.894. The lowest BCUT2D eigenvalue weighted by Gasteiger charge is -2.14. The molecule has 3 aromatic carbocycles. The van der Waals surface area contributed by atoms with E-state index in [1.54, 1.807) is 18.2 Å². The molecule has 0 atom stereocenters. The Labute approximate surface area is 181 Å². The number of amides is 1. The Bertz CT molecular complexity index is 989. The van der Waals surface area contributed by atoms with Gasteiger partial charge in [0.05, 0.1) is 19.1 Å². The van der Waals surface area contributed by atoms with Gasteiger partial charge in [0.25, 0.3) is 5.91 Å². The Morgan fingerprint density at radius 1 is 0.806 bits per heavy atom. The number of nitrogens with one attached hydrogen (secondary N) is 1.